The van der Waals surface area contributed by atoms with E-state index < -0.39 is 30.9 Å². The van der Waals surface area contributed by atoms with Crippen molar-refractivity contribution in [3.05, 3.63) is 72.1 Å². The number of hydrogen-bond acceptors (Lipinski definition) is 6. The van der Waals surface area contributed by atoms with Crippen molar-refractivity contribution < 1.29 is 21.4 Å². The first-order valence-electron chi connectivity index (χ1n) is 9.71. The van der Waals surface area contributed by atoms with Crippen LogP contribution in [0.3, 0.4) is 0 Å². The average molecular weight is 457 g/mol. The van der Waals surface area contributed by atoms with E-state index in [4.69, 9.17) is 4.55 Å². The van der Waals surface area contributed by atoms with Crippen molar-refractivity contribution in [1.82, 2.24) is 9.97 Å². The predicted octanol–water partition coefficient (Wildman–Crippen LogP) is 3.57. The molecule has 31 heavy (non-hydrogen) atoms. The molecule has 1 heterocycles. The summed E-state index contributed by atoms with van der Waals surface area (Å²) in [5.74, 6) is 0. The molecule has 7 nitrogen and oxygen atoms in total. The van der Waals surface area contributed by atoms with E-state index in [0.717, 1.165) is 12.4 Å². The molecule has 5 rings (SSSR count). The number of hydrogen-bond donors (Lipinski definition) is 2. The topological polar surface area (TPSA) is 114 Å². The third-order valence-electron chi connectivity index (χ3n) is 5.32. The van der Waals surface area contributed by atoms with Crippen LogP contribution < -0.4 is 0 Å². The molecule has 4 aromatic rings. The molecule has 0 spiro atoms. The van der Waals surface area contributed by atoms with E-state index in [1.54, 1.807) is 11.1 Å². The summed E-state index contributed by atoms with van der Waals surface area (Å²) in [5.41, 5.74) is 3.17. The number of thiol groups is 1. The maximum atomic E-state index is 10.5. The van der Waals surface area contributed by atoms with Crippen molar-refractivity contribution in [1.29, 1.82) is 0 Å². The van der Waals surface area contributed by atoms with Gasteiger partial charge in [0.05, 0.1) is 0 Å². The van der Waals surface area contributed by atoms with Gasteiger partial charge in [-0.25, -0.2) is 18.4 Å². The summed E-state index contributed by atoms with van der Waals surface area (Å²) in [7, 11) is -7.83. The third kappa shape index (κ3) is 4.43. The molecule has 0 atom stereocenters. The van der Waals surface area contributed by atoms with Crippen LogP contribution in [0.2, 0.25) is 0 Å². The SMILES string of the molecule is O=[SH](=O)c1nccnc1S(=O)(=O)O.c1ccc2c(c1)ccc1c3c(ccc12)CCCC3. The lowest BCUT2D eigenvalue weighted by Crippen LogP contribution is -2.06. The molecule has 0 aliphatic heterocycles. The zero-order valence-corrected chi connectivity index (χ0v) is 18.1. The average Bonchev–Trinajstić information content (AvgIpc) is 2.78. The maximum Gasteiger partial charge on any atom is 0.315 e. The number of rotatable bonds is 2. The van der Waals surface area contributed by atoms with E-state index >= 15 is 0 Å². The Morgan fingerprint density at radius 2 is 1.52 bits per heavy atom. The molecule has 0 fully saturated rings. The molecule has 0 saturated carbocycles. The lowest BCUT2D eigenvalue weighted by molar-refractivity contribution is 0.473. The van der Waals surface area contributed by atoms with Crippen LogP contribution in [0.5, 0.6) is 0 Å². The molecule has 0 unspecified atom stereocenters. The molecule has 0 radical (unpaired) electrons. The molecule has 1 N–H and O–H groups in total. The Morgan fingerprint density at radius 1 is 0.806 bits per heavy atom. The van der Waals surface area contributed by atoms with Crippen LogP contribution in [-0.2, 0) is 33.7 Å². The number of nitrogens with zero attached hydrogens (tertiary/aromatic N) is 2. The molecular formula is C22H20N2O5S2. The number of fused-ring (bicyclic) bond motifs is 5. The van der Waals surface area contributed by atoms with Crippen molar-refractivity contribution in [2.75, 3.05) is 0 Å². The minimum Gasteiger partial charge on any atom is -0.281 e. The number of benzene rings is 3. The van der Waals surface area contributed by atoms with E-state index in [-0.39, 0.29) is 0 Å². The highest BCUT2D eigenvalue weighted by Crippen LogP contribution is 2.33. The standard InChI is InChI=1S/C18H16.C4H4N2O5S2/c1-3-7-15-13(5-1)9-11-18-16-8-4-2-6-14(16)10-12-17(15)18;7-12(8)3-4(13(9,10)11)6-2-1-5-3/h1,3,5,7,9-12H,2,4,6,8H2;1-2,12H,(H,9,10,11). The lowest BCUT2D eigenvalue weighted by atomic mass is 9.86. The molecule has 1 aliphatic rings. The van der Waals surface area contributed by atoms with Gasteiger partial charge in [0.1, 0.15) is 0 Å². The van der Waals surface area contributed by atoms with E-state index in [1.165, 1.54) is 47.2 Å². The molecular weight excluding hydrogens is 436 g/mol. The Kier molecular flexibility index (Phi) is 5.99. The second-order valence-corrected chi connectivity index (χ2v) is 9.48. The predicted molar refractivity (Wildman–Crippen MR) is 119 cm³/mol. The first-order chi connectivity index (χ1) is 14.9. The largest absolute Gasteiger partial charge is 0.315 e. The van der Waals surface area contributed by atoms with E-state index in [2.05, 4.69) is 58.5 Å². The van der Waals surface area contributed by atoms with Crippen LogP contribution in [0.25, 0.3) is 21.5 Å². The summed E-state index contributed by atoms with van der Waals surface area (Å²) < 4.78 is 50.5. The molecule has 1 aromatic heterocycles. The van der Waals surface area contributed by atoms with Crippen LogP contribution in [0.15, 0.2) is 71.0 Å². The summed E-state index contributed by atoms with van der Waals surface area (Å²) in [4.78, 5) is 6.43. The fourth-order valence-corrected chi connectivity index (χ4v) is 5.39. The summed E-state index contributed by atoms with van der Waals surface area (Å²) in [6.45, 7) is 0. The Balaban J connectivity index is 0.000000159. The minimum atomic E-state index is -4.64. The number of aromatic nitrogens is 2. The van der Waals surface area contributed by atoms with Crippen LogP contribution in [0.1, 0.15) is 24.0 Å². The summed E-state index contributed by atoms with van der Waals surface area (Å²) >= 11 is 0. The summed E-state index contributed by atoms with van der Waals surface area (Å²) in [6.07, 6.45) is 7.19. The smallest absolute Gasteiger partial charge is 0.281 e. The second-order valence-electron chi connectivity index (χ2n) is 7.21. The molecule has 1 aliphatic carbocycles. The molecule has 0 amide bonds. The van der Waals surface area contributed by atoms with E-state index in [1.807, 2.05) is 0 Å². The minimum absolute atomic E-state index is 0.764. The second kappa shape index (κ2) is 8.70. The van der Waals surface area contributed by atoms with Crippen LogP contribution in [0.4, 0.5) is 0 Å². The van der Waals surface area contributed by atoms with Gasteiger partial charge in [0.25, 0.3) is 0 Å². The van der Waals surface area contributed by atoms with Crippen molar-refractivity contribution in [2.24, 2.45) is 0 Å². The fourth-order valence-electron chi connectivity index (χ4n) is 3.97. The highest BCUT2D eigenvalue weighted by Gasteiger charge is 2.19. The Bertz CT molecular complexity index is 1460. The van der Waals surface area contributed by atoms with Gasteiger partial charge in [-0.3, -0.25) is 4.55 Å². The first-order valence-corrected chi connectivity index (χ1v) is 12.3. The van der Waals surface area contributed by atoms with Gasteiger partial charge >= 0.3 is 10.1 Å². The molecule has 160 valence electrons. The Morgan fingerprint density at radius 3 is 2.26 bits per heavy atom. The Labute approximate surface area is 181 Å². The Hall–Kier alpha value is -2.88. The lowest BCUT2D eigenvalue weighted by Gasteiger charge is -2.18. The van der Waals surface area contributed by atoms with Crippen molar-refractivity contribution in [2.45, 2.75) is 35.7 Å². The van der Waals surface area contributed by atoms with E-state index in [9.17, 15) is 16.8 Å². The van der Waals surface area contributed by atoms with Gasteiger partial charge in [0.15, 0.2) is 15.7 Å². The highest BCUT2D eigenvalue weighted by atomic mass is 32.2. The third-order valence-corrected chi connectivity index (χ3v) is 6.93. The summed E-state index contributed by atoms with van der Waals surface area (Å²) in [6, 6.07) is 18.0. The molecule has 0 bridgehead atoms. The van der Waals surface area contributed by atoms with Crippen LogP contribution in [-0.4, -0.2) is 31.4 Å². The van der Waals surface area contributed by atoms with Crippen LogP contribution >= 0.6 is 0 Å². The molecule has 9 heteroatoms. The zero-order valence-electron chi connectivity index (χ0n) is 16.4. The molecule has 0 saturated heterocycles. The normalized spacial score (nSPS) is 13.6. The summed E-state index contributed by atoms with van der Waals surface area (Å²) in [5, 5.41) is 3.93. The van der Waals surface area contributed by atoms with Crippen molar-refractivity contribution >= 4 is 42.4 Å². The van der Waals surface area contributed by atoms with Gasteiger partial charge in [-0.2, -0.15) is 8.42 Å². The van der Waals surface area contributed by atoms with Gasteiger partial charge in [-0.05, 0) is 58.4 Å². The molecule has 3 aromatic carbocycles. The van der Waals surface area contributed by atoms with Gasteiger partial charge in [0.2, 0.25) is 5.03 Å². The highest BCUT2D eigenvalue weighted by molar-refractivity contribution is 7.86. The fraction of sp³-hybridized carbons (Fsp3) is 0.182. The van der Waals surface area contributed by atoms with Crippen molar-refractivity contribution in [3.8, 4) is 0 Å². The van der Waals surface area contributed by atoms with E-state index in [0.29, 0.717) is 0 Å². The van der Waals surface area contributed by atoms with Gasteiger partial charge < -0.3 is 0 Å². The van der Waals surface area contributed by atoms with Gasteiger partial charge in [-0.1, -0.05) is 48.5 Å². The van der Waals surface area contributed by atoms with Gasteiger partial charge in [-0.15, -0.1) is 0 Å². The number of aryl methyl sites for hydroxylation is 2. The monoisotopic (exact) mass is 456 g/mol. The maximum absolute atomic E-state index is 10.5. The zero-order chi connectivity index (χ0) is 22.0. The van der Waals surface area contributed by atoms with Crippen LogP contribution in [0, 0.1) is 0 Å². The van der Waals surface area contributed by atoms with Crippen molar-refractivity contribution in [3.63, 3.8) is 0 Å². The first kappa shape index (κ1) is 21.4. The quantitative estimate of drug-likeness (QED) is 0.269. The van der Waals surface area contributed by atoms with Gasteiger partial charge in [0, 0.05) is 12.4 Å².